The van der Waals surface area contributed by atoms with E-state index in [2.05, 4.69) is 297 Å². The van der Waals surface area contributed by atoms with Gasteiger partial charge >= 0.3 is 6.85 Å². The molecule has 450 valence electrons. The lowest BCUT2D eigenvalue weighted by Gasteiger charge is -2.47. The topological polar surface area (TPSA) is 36.0 Å². The number of benzene rings is 9. The summed E-state index contributed by atoms with van der Waals surface area (Å²) in [6.45, 7) is 42.3. The van der Waals surface area contributed by atoms with E-state index in [1.807, 2.05) is 0 Å². The zero-order valence-corrected chi connectivity index (χ0v) is 56.1. The number of fused-ring (bicyclic) bond motifs is 14. The van der Waals surface area contributed by atoms with Crippen molar-refractivity contribution in [3.63, 3.8) is 0 Å². The maximum Gasteiger partial charge on any atom is 0.333 e. The molecule has 0 fully saturated rings. The smallest absolute Gasteiger partial charge is 0.333 e. The highest BCUT2D eigenvalue weighted by Crippen LogP contribution is 2.57. The van der Waals surface area contributed by atoms with Crippen LogP contribution >= 0.6 is 0 Å². The van der Waals surface area contributed by atoms with Crippen molar-refractivity contribution in [3.05, 3.63) is 202 Å². The van der Waals surface area contributed by atoms with Gasteiger partial charge < -0.3 is 23.4 Å². The van der Waals surface area contributed by atoms with Crippen molar-refractivity contribution in [1.29, 1.82) is 0 Å². The monoisotopic (exact) mass is 1170 g/mol. The van der Waals surface area contributed by atoms with Crippen LogP contribution in [0.4, 0.5) is 45.5 Å². The predicted molar refractivity (Wildman–Crippen MR) is 381 cm³/mol. The van der Waals surface area contributed by atoms with E-state index in [4.69, 9.17) is 8.83 Å². The second kappa shape index (κ2) is 19.0. The zero-order chi connectivity index (χ0) is 62.6. The lowest BCUT2D eigenvalue weighted by Crippen LogP contribution is -2.61. The Morgan fingerprint density at radius 3 is 1.55 bits per heavy atom. The minimum Gasteiger partial charge on any atom is -0.454 e. The van der Waals surface area contributed by atoms with Crippen molar-refractivity contribution >= 4 is 107 Å². The summed E-state index contributed by atoms with van der Waals surface area (Å²) in [6, 6.07) is 61.5. The molecule has 4 heterocycles. The van der Waals surface area contributed by atoms with Crippen LogP contribution in [0.5, 0.6) is 0 Å². The quantitative estimate of drug-likeness (QED) is 0.161. The molecule has 9 aromatic carbocycles. The third kappa shape index (κ3) is 8.83. The molecule has 0 saturated heterocycles. The molecule has 5 nitrogen and oxygen atoms in total. The predicted octanol–water partition coefficient (Wildman–Crippen LogP) is 22.6. The van der Waals surface area contributed by atoms with E-state index >= 15 is 0 Å². The third-order valence-electron chi connectivity index (χ3n) is 21.8. The molecular weight excluding hydrogens is 1080 g/mol. The van der Waals surface area contributed by atoms with Crippen molar-refractivity contribution in [2.75, 3.05) is 14.6 Å². The van der Waals surface area contributed by atoms with Crippen LogP contribution in [0, 0.1) is 6.92 Å². The third-order valence-corrected chi connectivity index (χ3v) is 21.8. The highest BCUT2D eigenvalue weighted by atomic mass is 16.3. The van der Waals surface area contributed by atoms with E-state index in [9.17, 15) is 0 Å². The number of aryl methyl sites for hydroxylation is 1. The molecule has 0 radical (unpaired) electrons. The van der Waals surface area contributed by atoms with Crippen LogP contribution in [0.3, 0.4) is 0 Å². The SMILES string of the molecule is Cc1cc(C(C)(C)C)ccc1N1c2c(ccc3c2oc2cc4c(cc23)C(C)(C)CCC4(C)C)B2c3c(cc4c(oc5ccccc54)c31)-c1cc(N(c3ccc(C(C)(C)C)cc3)c3ccc(C(C)(C)C)cc3)ccc1N2c1ccc2c(c1)C(C)(C)CCC2(C)C. The van der Waals surface area contributed by atoms with Crippen LogP contribution in [-0.2, 0) is 37.9 Å². The summed E-state index contributed by atoms with van der Waals surface area (Å²) >= 11 is 0. The first-order chi connectivity index (χ1) is 41.9. The highest BCUT2D eigenvalue weighted by molar-refractivity contribution is 6.94. The molecular formula is C83H88BN3O2. The van der Waals surface area contributed by atoms with Crippen LogP contribution in [0.2, 0.25) is 0 Å². The Morgan fingerprint density at radius 2 is 0.944 bits per heavy atom. The molecule has 15 rings (SSSR count). The van der Waals surface area contributed by atoms with Crippen molar-refractivity contribution in [1.82, 2.24) is 0 Å². The van der Waals surface area contributed by atoms with Crippen LogP contribution in [0.15, 0.2) is 167 Å². The Kier molecular flexibility index (Phi) is 12.3. The number of hydrogen-bond donors (Lipinski definition) is 0. The first-order valence-electron chi connectivity index (χ1n) is 32.9. The van der Waals surface area contributed by atoms with Gasteiger partial charge in [0.25, 0.3) is 0 Å². The number of furan rings is 2. The Bertz CT molecular complexity index is 4700. The minimum absolute atomic E-state index is 0.00387. The second-order valence-electron chi connectivity index (χ2n) is 32.8. The Labute approximate surface area is 529 Å². The summed E-state index contributed by atoms with van der Waals surface area (Å²) in [5, 5.41) is 4.49. The molecule has 89 heavy (non-hydrogen) atoms. The van der Waals surface area contributed by atoms with Gasteiger partial charge in [0, 0.05) is 61.2 Å². The van der Waals surface area contributed by atoms with Gasteiger partial charge in [-0.15, -0.1) is 0 Å². The maximum atomic E-state index is 7.69. The van der Waals surface area contributed by atoms with Gasteiger partial charge in [0.05, 0.1) is 11.4 Å². The van der Waals surface area contributed by atoms with E-state index < -0.39 is 0 Å². The molecule has 2 aliphatic carbocycles. The van der Waals surface area contributed by atoms with E-state index in [1.54, 1.807) is 0 Å². The van der Waals surface area contributed by atoms with E-state index in [0.29, 0.717) is 0 Å². The van der Waals surface area contributed by atoms with Gasteiger partial charge in [0.15, 0.2) is 11.2 Å². The number of hydrogen-bond acceptors (Lipinski definition) is 5. The first kappa shape index (κ1) is 57.5. The Balaban J connectivity index is 1.08. The molecule has 0 N–H and O–H groups in total. The van der Waals surface area contributed by atoms with Gasteiger partial charge in [-0.3, -0.25) is 0 Å². The van der Waals surface area contributed by atoms with Gasteiger partial charge in [-0.25, -0.2) is 0 Å². The van der Waals surface area contributed by atoms with Crippen LogP contribution in [0.25, 0.3) is 55.0 Å². The molecule has 0 unspecified atom stereocenters. The fourth-order valence-corrected chi connectivity index (χ4v) is 16.0. The van der Waals surface area contributed by atoms with Crippen molar-refractivity contribution in [2.45, 2.75) is 188 Å². The molecule has 2 aliphatic heterocycles. The summed E-state index contributed by atoms with van der Waals surface area (Å²) in [7, 11) is 0. The summed E-state index contributed by atoms with van der Waals surface area (Å²) in [5.41, 5.74) is 28.0. The van der Waals surface area contributed by atoms with Crippen LogP contribution in [0.1, 0.15) is 188 Å². The number of rotatable bonds is 5. The number of nitrogens with zero attached hydrogens (tertiary/aromatic N) is 3. The summed E-state index contributed by atoms with van der Waals surface area (Å²) in [5.74, 6) is 0. The zero-order valence-electron chi connectivity index (χ0n) is 56.1. The maximum absolute atomic E-state index is 7.69. The number of para-hydroxylation sites is 1. The van der Waals surface area contributed by atoms with E-state index in [0.717, 1.165) is 104 Å². The Hall–Kier alpha value is -7.96. The fourth-order valence-electron chi connectivity index (χ4n) is 16.0. The molecule has 11 aromatic rings. The highest BCUT2D eigenvalue weighted by Gasteiger charge is 2.50. The van der Waals surface area contributed by atoms with Crippen LogP contribution in [-0.4, -0.2) is 6.85 Å². The summed E-state index contributed by atoms with van der Waals surface area (Å²) in [6.07, 6.45) is 4.53. The molecule has 4 aliphatic rings. The minimum atomic E-state index is -0.302. The lowest BCUT2D eigenvalue weighted by molar-refractivity contribution is 0.332. The van der Waals surface area contributed by atoms with Gasteiger partial charge in [0.2, 0.25) is 0 Å². The summed E-state index contributed by atoms with van der Waals surface area (Å²) < 4.78 is 15.2. The van der Waals surface area contributed by atoms with Crippen molar-refractivity contribution in [3.8, 4) is 11.1 Å². The second-order valence-corrected chi connectivity index (χ2v) is 32.8. The fraction of sp³-hybridized carbons (Fsp3) is 0.349. The van der Waals surface area contributed by atoms with Crippen LogP contribution < -0.4 is 25.5 Å². The normalized spacial score (nSPS) is 17.2. The van der Waals surface area contributed by atoms with Crippen molar-refractivity contribution in [2.24, 2.45) is 0 Å². The van der Waals surface area contributed by atoms with E-state index in [1.165, 1.54) is 77.6 Å². The summed E-state index contributed by atoms with van der Waals surface area (Å²) in [4.78, 5) is 7.76. The molecule has 0 spiro atoms. The van der Waals surface area contributed by atoms with Gasteiger partial charge in [-0.1, -0.05) is 190 Å². The molecule has 0 atom stereocenters. The average Bonchev–Trinajstić information content (AvgIpc) is 1.67. The molecule has 0 saturated carbocycles. The number of anilines is 8. The largest absolute Gasteiger partial charge is 0.454 e. The van der Waals surface area contributed by atoms with E-state index in [-0.39, 0.29) is 44.8 Å². The Morgan fingerprint density at radius 1 is 0.416 bits per heavy atom. The molecule has 0 bridgehead atoms. The average molecular weight is 1170 g/mol. The van der Waals surface area contributed by atoms with Gasteiger partial charge in [0.1, 0.15) is 11.2 Å². The molecule has 0 amide bonds. The molecule has 2 aromatic heterocycles. The van der Waals surface area contributed by atoms with Gasteiger partial charge in [-0.2, -0.15) is 0 Å². The standard InChI is InChI=1S/C83H88BN3O2/c1-49-43-52(79(8,9)10)27-37-68(49)86-73-67(36-34-58-60-47-65-66(48-71(60)89-75(58)73)83(17,18)42-41-82(65,15)16)84-72-61(46-62-57-21-19-20-22-70(57)88-76(62)74(72)86)59-44-55(33-38-69(59)87(84)56-32-35-63-64(45-56)81(13,14)40-39-80(63,11)12)85(53-28-23-50(24-29-53)77(2,3)4)54-30-25-51(26-31-54)78(5,6)7/h19-38,43-48H,39-42H2,1-18H3. The molecule has 6 heteroatoms. The van der Waals surface area contributed by atoms with Crippen molar-refractivity contribution < 1.29 is 8.83 Å². The first-order valence-corrected chi connectivity index (χ1v) is 32.9. The lowest BCUT2D eigenvalue weighted by atomic mass is 9.43. The van der Waals surface area contributed by atoms with Gasteiger partial charge in [-0.05, 0) is 216 Å².